The predicted molar refractivity (Wildman–Crippen MR) is 93.4 cm³/mol. The summed E-state index contributed by atoms with van der Waals surface area (Å²) >= 11 is 6.18. The minimum Gasteiger partial charge on any atom is -0.481 e. The van der Waals surface area contributed by atoms with Crippen molar-refractivity contribution in [1.82, 2.24) is 0 Å². The highest BCUT2D eigenvalue weighted by Gasteiger charge is 2.44. The number of carbonyl (C=O) groups excluding carboxylic acids is 1. The van der Waals surface area contributed by atoms with Gasteiger partial charge >= 0.3 is 5.97 Å². The van der Waals surface area contributed by atoms with E-state index in [-0.39, 0.29) is 17.7 Å². The molecule has 1 amide bonds. The zero-order valence-electron chi connectivity index (χ0n) is 13.2. The highest BCUT2D eigenvalue weighted by atomic mass is 35.5. The number of nitrogens with one attached hydrogen (secondary N) is 1. The molecule has 5 heteroatoms. The van der Waals surface area contributed by atoms with E-state index in [2.05, 4.69) is 5.32 Å². The zero-order valence-corrected chi connectivity index (χ0v) is 14.0. The topological polar surface area (TPSA) is 66.4 Å². The predicted octanol–water partition coefficient (Wildman–Crippen LogP) is 4.27. The van der Waals surface area contributed by atoms with Gasteiger partial charge < -0.3 is 10.4 Å². The van der Waals surface area contributed by atoms with E-state index in [9.17, 15) is 9.59 Å². The van der Waals surface area contributed by atoms with Gasteiger partial charge in [-0.1, -0.05) is 41.9 Å². The molecule has 0 aromatic heterocycles. The summed E-state index contributed by atoms with van der Waals surface area (Å²) < 4.78 is 0. The summed E-state index contributed by atoms with van der Waals surface area (Å²) in [6.45, 7) is 1.63. The molecule has 2 N–H and O–H groups in total. The third kappa shape index (κ3) is 3.44. The number of carbonyl (C=O) groups is 2. The first kappa shape index (κ1) is 16.5. The second-order valence-corrected chi connectivity index (χ2v) is 6.55. The number of hydrogen-bond donors (Lipinski definition) is 2. The van der Waals surface area contributed by atoms with Crippen LogP contribution in [0.5, 0.6) is 0 Å². The van der Waals surface area contributed by atoms with Gasteiger partial charge in [-0.05, 0) is 48.6 Å². The Morgan fingerprint density at radius 2 is 1.83 bits per heavy atom. The molecule has 24 heavy (non-hydrogen) atoms. The van der Waals surface area contributed by atoms with Crippen molar-refractivity contribution in [2.75, 3.05) is 5.32 Å². The van der Waals surface area contributed by atoms with Crippen LogP contribution in [0.2, 0.25) is 5.02 Å². The maximum Gasteiger partial charge on any atom is 0.310 e. The summed E-state index contributed by atoms with van der Waals surface area (Å²) in [5.74, 6) is -1.36. The number of aliphatic carboxylic acids is 1. The van der Waals surface area contributed by atoms with Gasteiger partial charge in [0.15, 0.2) is 0 Å². The van der Waals surface area contributed by atoms with Gasteiger partial charge in [0.1, 0.15) is 0 Å². The van der Waals surface area contributed by atoms with Crippen molar-refractivity contribution in [2.24, 2.45) is 5.92 Å². The monoisotopic (exact) mass is 343 g/mol. The van der Waals surface area contributed by atoms with Crippen molar-refractivity contribution in [3.63, 3.8) is 0 Å². The Labute approximate surface area is 145 Å². The van der Waals surface area contributed by atoms with Crippen LogP contribution in [-0.4, -0.2) is 17.0 Å². The molecule has 0 saturated heterocycles. The Bertz CT molecular complexity index is 772. The van der Waals surface area contributed by atoms with Crippen LogP contribution in [0.25, 0.3) is 0 Å². The lowest BCUT2D eigenvalue weighted by atomic mass is 10.0. The van der Waals surface area contributed by atoms with E-state index in [1.54, 1.807) is 31.2 Å². The highest BCUT2D eigenvalue weighted by Crippen LogP contribution is 2.50. The molecule has 1 aliphatic carbocycles. The summed E-state index contributed by atoms with van der Waals surface area (Å²) in [5.41, 5.74) is 2.40. The normalized spacial score (nSPS) is 20.2. The van der Waals surface area contributed by atoms with Gasteiger partial charge in [-0.15, -0.1) is 0 Å². The average Bonchev–Trinajstić information content (AvgIpc) is 3.36. The largest absolute Gasteiger partial charge is 0.481 e. The van der Waals surface area contributed by atoms with Crippen LogP contribution < -0.4 is 5.32 Å². The van der Waals surface area contributed by atoms with Crippen LogP contribution in [0.15, 0.2) is 48.5 Å². The number of anilines is 1. The van der Waals surface area contributed by atoms with Gasteiger partial charge in [0, 0.05) is 16.6 Å². The van der Waals surface area contributed by atoms with Crippen molar-refractivity contribution >= 4 is 29.2 Å². The van der Waals surface area contributed by atoms with Crippen molar-refractivity contribution in [3.8, 4) is 0 Å². The number of benzene rings is 2. The van der Waals surface area contributed by atoms with E-state index >= 15 is 0 Å². The van der Waals surface area contributed by atoms with Crippen molar-refractivity contribution in [3.05, 3.63) is 64.7 Å². The maximum absolute atomic E-state index is 12.3. The molecule has 3 unspecified atom stereocenters. The fourth-order valence-electron chi connectivity index (χ4n) is 2.84. The quantitative estimate of drug-likeness (QED) is 0.852. The van der Waals surface area contributed by atoms with Crippen LogP contribution in [0.1, 0.15) is 36.3 Å². The molecule has 0 spiro atoms. The molecular formula is C19H18ClNO3. The molecule has 0 heterocycles. The van der Waals surface area contributed by atoms with Gasteiger partial charge in [-0.3, -0.25) is 9.59 Å². The van der Waals surface area contributed by atoms with Gasteiger partial charge in [-0.25, -0.2) is 0 Å². The number of rotatable bonds is 5. The first-order valence-electron chi connectivity index (χ1n) is 7.85. The van der Waals surface area contributed by atoms with Crippen LogP contribution in [0.4, 0.5) is 5.69 Å². The summed E-state index contributed by atoms with van der Waals surface area (Å²) in [6.07, 6.45) is 0.795. The lowest BCUT2D eigenvalue weighted by Crippen LogP contribution is -2.15. The Morgan fingerprint density at radius 3 is 2.46 bits per heavy atom. The SMILES string of the molecule is CC(C(=O)O)c1ccc(NC(=O)C2CC2c2ccccc2Cl)cc1. The first-order chi connectivity index (χ1) is 11.5. The Morgan fingerprint density at radius 1 is 1.17 bits per heavy atom. The molecule has 1 fully saturated rings. The molecular weight excluding hydrogens is 326 g/mol. The molecule has 0 aliphatic heterocycles. The van der Waals surface area contributed by atoms with E-state index in [1.165, 1.54) is 0 Å². The second kappa shape index (κ2) is 6.65. The van der Waals surface area contributed by atoms with Crippen LogP contribution in [0, 0.1) is 5.92 Å². The van der Waals surface area contributed by atoms with Crippen LogP contribution in [-0.2, 0) is 9.59 Å². The first-order valence-corrected chi connectivity index (χ1v) is 8.23. The fraction of sp³-hybridized carbons (Fsp3) is 0.263. The molecule has 1 saturated carbocycles. The molecule has 124 valence electrons. The Hall–Kier alpha value is -2.33. The minimum atomic E-state index is -0.868. The lowest BCUT2D eigenvalue weighted by molar-refractivity contribution is -0.138. The summed E-state index contributed by atoms with van der Waals surface area (Å²) in [7, 11) is 0. The number of carboxylic acids is 1. The van der Waals surface area contributed by atoms with Crippen LogP contribution in [0.3, 0.4) is 0 Å². The van der Waals surface area contributed by atoms with E-state index in [0.717, 1.165) is 12.0 Å². The van der Waals surface area contributed by atoms with Crippen molar-refractivity contribution in [2.45, 2.75) is 25.2 Å². The van der Waals surface area contributed by atoms with E-state index < -0.39 is 11.9 Å². The van der Waals surface area contributed by atoms with Gasteiger partial charge in [-0.2, -0.15) is 0 Å². The molecule has 4 nitrogen and oxygen atoms in total. The Balaban J connectivity index is 1.62. The third-order valence-corrected chi connectivity index (χ3v) is 4.82. The highest BCUT2D eigenvalue weighted by molar-refractivity contribution is 6.31. The third-order valence-electron chi connectivity index (χ3n) is 4.48. The number of amides is 1. The second-order valence-electron chi connectivity index (χ2n) is 6.14. The van der Waals surface area contributed by atoms with Crippen LogP contribution >= 0.6 is 11.6 Å². The standard InChI is InChI=1S/C19H18ClNO3/c1-11(19(23)24)12-6-8-13(9-7-12)21-18(22)16-10-15(16)14-4-2-3-5-17(14)20/h2-9,11,15-16H,10H2,1H3,(H,21,22)(H,23,24). The molecule has 1 aliphatic rings. The molecule has 2 aromatic rings. The zero-order chi connectivity index (χ0) is 17.3. The molecule has 2 aromatic carbocycles. The maximum atomic E-state index is 12.3. The number of hydrogen-bond acceptors (Lipinski definition) is 2. The van der Waals surface area contributed by atoms with Crippen molar-refractivity contribution in [1.29, 1.82) is 0 Å². The van der Waals surface area contributed by atoms with E-state index in [1.807, 2.05) is 24.3 Å². The van der Waals surface area contributed by atoms with Gasteiger partial charge in [0.25, 0.3) is 0 Å². The van der Waals surface area contributed by atoms with E-state index in [0.29, 0.717) is 16.3 Å². The average molecular weight is 344 g/mol. The minimum absolute atomic E-state index is 0.0287. The fourth-order valence-corrected chi connectivity index (χ4v) is 3.11. The van der Waals surface area contributed by atoms with Gasteiger partial charge in [0.05, 0.1) is 5.92 Å². The van der Waals surface area contributed by atoms with Crippen molar-refractivity contribution < 1.29 is 14.7 Å². The summed E-state index contributed by atoms with van der Waals surface area (Å²) in [4.78, 5) is 23.3. The summed E-state index contributed by atoms with van der Waals surface area (Å²) in [6, 6.07) is 14.5. The lowest BCUT2D eigenvalue weighted by Gasteiger charge is -2.09. The van der Waals surface area contributed by atoms with E-state index in [4.69, 9.17) is 16.7 Å². The number of halogens is 1. The molecule has 0 radical (unpaired) electrons. The molecule has 3 rings (SSSR count). The smallest absolute Gasteiger partial charge is 0.310 e. The Kier molecular flexibility index (Phi) is 4.58. The molecule has 0 bridgehead atoms. The van der Waals surface area contributed by atoms with Gasteiger partial charge in [0.2, 0.25) is 5.91 Å². The number of carboxylic acid groups (broad SMARTS) is 1. The summed E-state index contributed by atoms with van der Waals surface area (Å²) in [5, 5.41) is 12.6. The molecule has 3 atom stereocenters.